The molecule has 0 radical (unpaired) electrons. The van der Waals surface area contributed by atoms with E-state index >= 15 is 0 Å². The Kier molecular flexibility index (Phi) is 4.46. The van der Waals surface area contributed by atoms with Gasteiger partial charge < -0.3 is 15.4 Å². The Morgan fingerprint density at radius 3 is 2.42 bits per heavy atom. The number of hydrogen-bond acceptors (Lipinski definition) is 4. The summed E-state index contributed by atoms with van der Waals surface area (Å²) in [6.07, 6.45) is 0.357. The molecule has 2 heterocycles. The van der Waals surface area contributed by atoms with Crippen molar-refractivity contribution >= 4 is 11.9 Å². The number of nitrogens with zero attached hydrogens (tertiary/aromatic N) is 3. The monoisotopic (exact) mass is 356 g/mol. The third-order valence-electron chi connectivity index (χ3n) is 4.59. The zero-order valence-electron chi connectivity index (χ0n) is 16.5. The van der Waals surface area contributed by atoms with Gasteiger partial charge in [-0.15, -0.1) is 0 Å². The fourth-order valence-electron chi connectivity index (χ4n) is 3.55. The molecule has 6 nitrogen and oxygen atoms in total. The number of rotatable bonds is 1. The molecule has 140 valence electrons. The molecule has 1 aliphatic heterocycles. The molecule has 1 aliphatic rings. The zero-order chi connectivity index (χ0) is 19.2. The van der Waals surface area contributed by atoms with Crippen LogP contribution in [0.1, 0.15) is 56.1 Å². The van der Waals surface area contributed by atoms with Gasteiger partial charge in [0.05, 0.1) is 17.4 Å². The highest BCUT2D eigenvalue weighted by molar-refractivity contribution is 5.70. The third kappa shape index (κ3) is 3.41. The van der Waals surface area contributed by atoms with Crippen LogP contribution in [-0.2, 0) is 11.2 Å². The molecule has 0 aliphatic carbocycles. The van der Waals surface area contributed by atoms with Crippen molar-refractivity contribution in [2.45, 2.75) is 59.6 Å². The highest BCUT2D eigenvalue weighted by Crippen LogP contribution is 2.35. The van der Waals surface area contributed by atoms with Gasteiger partial charge in [0.15, 0.2) is 0 Å². The van der Waals surface area contributed by atoms with Gasteiger partial charge in [0.25, 0.3) is 0 Å². The predicted molar refractivity (Wildman–Crippen MR) is 103 cm³/mol. The second-order valence-corrected chi connectivity index (χ2v) is 8.10. The van der Waals surface area contributed by atoms with E-state index in [1.54, 1.807) is 9.58 Å². The molecule has 0 fully saturated rings. The Bertz CT molecular complexity index is 828. The summed E-state index contributed by atoms with van der Waals surface area (Å²) in [5.74, 6) is 0.589. The SMILES string of the molecule is Cc1cc(C)cc(-n2nc3c(c2N)[C@H](C)N(C(=O)OC(C)(C)C)CC3)c1. The standard InChI is InChI=1S/C20H28N4O2/c1-12-9-13(2)11-15(10-12)24-18(21)17-14(3)23(8-7-16(17)22-24)19(25)26-20(4,5)6/h9-11,14H,7-8,21H2,1-6H3/t14-/m0/s1. The number of carbonyl (C=O) groups is 1. The van der Waals surface area contributed by atoms with Crippen LogP contribution < -0.4 is 5.73 Å². The van der Waals surface area contributed by atoms with Gasteiger partial charge in [0.2, 0.25) is 0 Å². The number of benzene rings is 1. The number of aryl methyl sites for hydroxylation is 2. The van der Waals surface area contributed by atoms with Crippen molar-refractivity contribution in [1.82, 2.24) is 14.7 Å². The summed E-state index contributed by atoms with van der Waals surface area (Å²) in [6, 6.07) is 6.08. The molecule has 0 unspecified atom stereocenters. The summed E-state index contributed by atoms with van der Waals surface area (Å²) in [6.45, 7) is 12.3. The van der Waals surface area contributed by atoms with Gasteiger partial charge >= 0.3 is 6.09 Å². The highest BCUT2D eigenvalue weighted by atomic mass is 16.6. The Balaban J connectivity index is 1.96. The average Bonchev–Trinajstić information content (AvgIpc) is 2.82. The van der Waals surface area contributed by atoms with Gasteiger partial charge in [0, 0.05) is 18.5 Å². The molecule has 1 amide bonds. The van der Waals surface area contributed by atoms with E-state index in [1.807, 2.05) is 27.7 Å². The Labute approximate surface area is 154 Å². The van der Waals surface area contributed by atoms with Crippen molar-refractivity contribution in [2.24, 2.45) is 0 Å². The fraction of sp³-hybridized carbons (Fsp3) is 0.500. The summed E-state index contributed by atoms with van der Waals surface area (Å²) in [4.78, 5) is 14.3. The first-order valence-electron chi connectivity index (χ1n) is 9.02. The molecule has 26 heavy (non-hydrogen) atoms. The van der Waals surface area contributed by atoms with E-state index < -0.39 is 5.60 Å². The predicted octanol–water partition coefficient (Wildman–Crippen LogP) is 3.93. The van der Waals surface area contributed by atoms with Crippen molar-refractivity contribution in [3.63, 3.8) is 0 Å². The molecular formula is C20H28N4O2. The smallest absolute Gasteiger partial charge is 0.410 e. The normalized spacial score (nSPS) is 17.2. The van der Waals surface area contributed by atoms with Crippen LogP contribution in [0.3, 0.4) is 0 Å². The lowest BCUT2D eigenvalue weighted by atomic mass is 10.00. The van der Waals surface area contributed by atoms with Gasteiger partial charge in [-0.1, -0.05) is 6.07 Å². The van der Waals surface area contributed by atoms with E-state index in [1.165, 1.54) is 0 Å². The van der Waals surface area contributed by atoms with Gasteiger partial charge in [-0.2, -0.15) is 5.10 Å². The first-order valence-corrected chi connectivity index (χ1v) is 9.02. The first-order chi connectivity index (χ1) is 12.1. The van der Waals surface area contributed by atoms with Crippen LogP contribution in [0.4, 0.5) is 10.6 Å². The van der Waals surface area contributed by atoms with E-state index in [0.29, 0.717) is 18.8 Å². The van der Waals surface area contributed by atoms with Crippen molar-refractivity contribution in [2.75, 3.05) is 12.3 Å². The van der Waals surface area contributed by atoms with Crippen molar-refractivity contribution in [3.8, 4) is 5.69 Å². The van der Waals surface area contributed by atoms with Crippen molar-refractivity contribution in [3.05, 3.63) is 40.6 Å². The molecule has 0 spiro atoms. The number of carbonyl (C=O) groups excluding carboxylic acids is 1. The van der Waals surface area contributed by atoms with Crippen molar-refractivity contribution in [1.29, 1.82) is 0 Å². The molecule has 1 aromatic heterocycles. The number of aromatic nitrogens is 2. The minimum absolute atomic E-state index is 0.173. The summed E-state index contributed by atoms with van der Waals surface area (Å²) in [7, 11) is 0. The highest BCUT2D eigenvalue weighted by Gasteiger charge is 2.35. The summed E-state index contributed by atoms with van der Waals surface area (Å²) in [5.41, 5.74) is 11.1. The van der Waals surface area contributed by atoms with Gasteiger partial charge in [-0.05, 0) is 64.8 Å². The van der Waals surface area contributed by atoms with Crippen LogP contribution >= 0.6 is 0 Å². The van der Waals surface area contributed by atoms with E-state index in [-0.39, 0.29) is 12.1 Å². The number of nitrogen functional groups attached to an aromatic ring is 1. The van der Waals surface area contributed by atoms with E-state index in [4.69, 9.17) is 15.6 Å². The number of anilines is 1. The molecule has 6 heteroatoms. The minimum atomic E-state index is -0.522. The lowest BCUT2D eigenvalue weighted by molar-refractivity contribution is 0.0160. The van der Waals surface area contributed by atoms with Gasteiger partial charge in [-0.25, -0.2) is 9.48 Å². The molecular weight excluding hydrogens is 328 g/mol. The number of hydrogen-bond donors (Lipinski definition) is 1. The van der Waals surface area contributed by atoms with Crippen LogP contribution in [-0.4, -0.2) is 32.9 Å². The Morgan fingerprint density at radius 1 is 1.23 bits per heavy atom. The number of fused-ring (bicyclic) bond motifs is 1. The first kappa shape index (κ1) is 18.3. The molecule has 2 aromatic rings. The summed E-state index contributed by atoms with van der Waals surface area (Å²) < 4.78 is 7.34. The molecule has 1 atom stereocenters. The maximum Gasteiger partial charge on any atom is 0.410 e. The van der Waals surface area contributed by atoms with Crippen LogP contribution in [0.5, 0.6) is 0 Å². The van der Waals surface area contributed by atoms with Gasteiger partial charge in [0.1, 0.15) is 11.4 Å². The quantitative estimate of drug-likeness (QED) is 0.840. The molecule has 1 aromatic carbocycles. The molecule has 0 saturated carbocycles. The lowest BCUT2D eigenvalue weighted by Crippen LogP contribution is -2.42. The largest absolute Gasteiger partial charge is 0.444 e. The lowest BCUT2D eigenvalue weighted by Gasteiger charge is -2.34. The average molecular weight is 356 g/mol. The maximum absolute atomic E-state index is 12.5. The Hall–Kier alpha value is -2.50. The molecule has 3 rings (SSSR count). The second kappa shape index (κ2) is 6.34. The number of nitrogens with two attached hydrogens (primary N) is 1. The maximum atomic E-state index is 12.5. The Morgan fingerprint density at radius 2 is 1.85 bits per heavy atom. The minimum Gasteiger partial charge on any atom is -0.444 e. The number of ether oxygens (including phenoxy) is 1. The molecule has 2 N–H and O–H groups in total. The van der Waals surface area contributed by atoms with Crippen LogP contribution in [0.25, 0.3) is 5.69 Å². The van der Waals surface area contributed by atoms with Crippen LogP contribution in [0.15, 0.2) is 18.2 Å². The van der Waals surface area contributed by atoms with Crippen LogP contribution in [0.2, 0.25) is 0 Å². The summed E-state index contributed by atoms with van der Waals surface area (Å²) >= 11 is 0. The topological polar surface area (TPSA) is 73.4 Å². The van der Waals surface area contributed by atoms with Gasteiger partial charge in [-0.3, -0.25) is 0 Å². The van der Waals surface area contributed by atoms with E-state index in [9.17, 15) is 4.79 Å². The zero-order valence-corrected chi connectivity index (χ0v) is 16.5. The van der Waals surface area contributed by atoms with E-state index in [2.05, 4.69) is 32.0 Å². The molecule has 0 saturated heterocycles. The number of amides is 1. The fourth-order valence-corrected chi connectivity index (χ4v) is 3.55. The second-order valence-electron chi connectivity index (χ2n) is 8.10. The third-order valence-corrected chi connectivity index (χ3v) is 4.59. The van der Waals surface area contributed by atoms with E-state index in [0.717, 1.165) is 28.1 Å². The summed E-state index contributed by atoms with van der Waals surface area (Å²) in [5, 5.41) is 4.73. The molecule has 0 bridgehead atoms. The van der Waals surface area contributed by atoms with Crippen molar-refractivity contribution < 1.29 is 9.53 Å². The van der Waals surface area contributed by atoms with Crippen LogP contribution in [0, 0.1) is 13.8 Å².